The Morgan fingerprint density at radius 2 is 0.620 bits per heavy atom. The van der Waals surface area contributed by atoms with Crippen LogP contribution in [0, 0.1) is 16.7 Å². The van der Waals surface area contributed by atoms with E-state index in [1.54, 1.807) is 6.92 Å². The second-order valence-electron chi connectivity index (χ2n) is 8.50. The molecule has 0 aromatic carbocycles. The maximum absolute atomic E-state index is 9.25. The second kappa shape index (κ2) is 46.1. The van der Waals surface area contributed by atoms with E-state index in [0.29, 0.717) is 6.42 Å². The standard InChI is InChI=1S/C7H16O4.C6H14O3.6C3H4O2/c1-6(2-8)7(3-9,4-10)5-11;1-2-6(3-7,4-8)5-9;6*1-2-3(4)5/h6,8-11H,2-5H2,1H3;7-9H,2-5H2,1H3;6*2H,1H2,(H,4,5). The van der Waals surface area contributed by atoms with Gasteiger partial charge in [0.15, 0.2) is 0 Å². The van der Waals surface area contributed by atoms with Crippen LogP contribution in [0.15, 0.2) is 75.9 Å². The number of hydrogen-bond donors (Lipinski definition) is 13. The Hall–Kier alpha value is -5.02. The smallest absolute Gasteiger partial charge is 0.327 e. The van der Waals surface area contributed by atoms with Crippen LogP contribution in [0.25, 0.3) is 0 Å². The molecule has 19 heteroatoms. The summed E-state index contributed by atoms with van der Waals surface area (Å²) < 4.78 is 0. The van der Waals surface area contributed by atoms with Crippen molar-refractivity contribution in [3.05, 3.63) is 75.9 Å². The van der Waals surface area contributed by atoms with Gasteiger partial charge in [-0.25, -0.2) is 28.8 Å². The molecule has 0 amide bonds. The fourth-order valence-electron chi connectivity index (χ4n) is 1.30. The molecule has 0 aromatic heterocycles. The van der Waals surface area contributed by atoms with Crippen LogP contribution in [-0.4, -0.2) is 148 Å². The molecule has 292 valence electrons. The summed E-state index contributed by atoms with van der Waals surface area (Å²) in [6.45, 7) is 19.7. The third-order valence-electron chi connectivity index (χ3n) is 5.07. The Labute approximate surface area is 290 Å². The molecule has 0 saturated heterocycles. The Morgan fingerprint density at radius 1 is 0.460 bits per heavy atom. The van der Waals surface area contributed by atoms with Gasteiger partial charge in [0.2, 0.25) is 0 Å². The summed E-state index contributed by atoms with van der Waals surface area (Å²) in [6.07, 6.45) is 5.59. The lowest BCUT2D eigenvalue weighted by atomic mass is 9.79. The van der Waals surface area contributed by atoms with Crippen molar-refractivity contribution in [3.8, 4) is 0 Å². The minimum atomic E-state index is -0.981. The molecule has 0 aliphatic rings. The summed E-state index contributed by atoms with van der Waals surface area (Å²) >= 11 is 0. The van der Waals surface area contributed by atoms with Gasteiger partial charge in [-0.05, 0) is 12.3 Å². The van der Waals surface area contributed by atoms with Crippen molar-refractivity contribution >= 4 is 35.8 Å². The van der Waals surface area contributed by atoms with E-state index in [0.717, 1.165) is 36.5 Å². The van der Waals surface area contributed by atoms with E-state index < -0.39 is 46.6 Å². The number of aliphatic hydroxyl groups is 7. The van der Waals surface area contributed by atoms with Gasteiger partial charge < -0.3 is 66.4 Å². The second-order valence-corrected chi connectivity index (χ2v) is 8.50. The van der Waals surface area contributed by atoms with Gasteiger partial charge in [0.05, 0.1) is 39.6 Å². The van der Waals surface area contributed by atoms with Crippen LogP contribution in [0.4, 0.5) is 0 Å². The molecule has 0 radical (unpaired) electrons. The zero-order valence-corrected chi connectivity index (χ0v) is 28.2. The molecule has 0 heterocycles. The highest BCUT2D eigenvalue weighted by molar-refractivity contribution is 5.80. The van der Waals surface area contributed by atoms with Gasteiger partial charge >= 0.3 is 35.8 Å². The van der Waals surface area contributed by atoms with Crippen molar-refractivity contribution in [2.45, 2.75) is 20.3 Å². The van der Waals surface area contributed by atoms with E-state index in [-0.39, 0.29) is 52.2 Å². The highest BCUT2D eigenvalue weighted by Crippen LogP contribution is 2.25. The molecular weight excluding hydrogens is 676 g/mol. The van der Waals surface area contributed by atoms with Gasteiger partial charge in [0, 0.05) is 53.9 Å². The van der Waals surface area contributed by atoms with E-state index in [1.807, 2.05) is 6.92 Å². The lowest BCUT2D eigenvalue weighted by molar-refractivity contribution is -0.132. The normalized spacial score (nSPS) is 9.30. The first-order valence-electron chi connectivity index (χ1n) is 13.4. The zero-order valence-electron chi connectivity index (χ0n) is 28.2. The molecule has 0 spiro atoms. The van der Waals surface area contributed by atoms with Gasteiger partial charge in [-0.1, -0.05) is 53.3 Å². The summed E-state index contributed by atoms with van der Waals surface area (Å²) in [5.41, 5.74) is -1.62. The van der Waals surface area contributed by atoms with Crippen molar-refractivity contribution in [3.63, 3.8) is 0 Å². The van der Waals surface area contributed by atoms with Gasteiger partial charge in [0.1, 0.15) is 0 Å². The molecule has 0 bridgehead atoms. The molecule has 1 atom stereocenters. The van der Waals surface area contributed by atoms with E-state index >= 15 is 0 Å². The first kappa shape index (κ1) is 63.6. The lowest BCUT2D eigenvalue weighted by Crippen LogP contribution is -2.41. The van der Waals surface area contributed by atoms with Crippen LogP contribution < -0.4 is 0 Å². The molecule has 0 aliphatic carbocycles. The van der Waals surface area contributed by atoms with Gasteiger partial charge in [0.25, 0.3) is 0 Å². The number of carboxylic acid groups (broad SMARTS) is 6. The molecule has 1 unspecified atom stereocenters. The summed E-state index contributed by atoms with van der Waals surface area (Å²) in [7, 11) is 0. The van der Waals surface area contributed by atoms with E-state index in [1.165, 1.54) is 0 Å². The van der Waals surface area contributed by atoms with Crippen molar-refractivity contribution in [1.29, 1.82) is 0 Å². The minimum absolute atomic E-state index is 0.151. The zero-order chi connectivity index (χ0) is 41.9. The molecule has 0 aliphatic heterocycles. The van der Waals surface area contributed by atoms with Crippen molar-refractivity contribution in [2.75, 3.05) is 46.2 Å². The monoisotopic (exact) mass is 730 g/mol. The minimum Gasteiger partial charge on any atom is -0.478 e. The van der Waals surface area contributed by atoms with E-state index in [4.69, 9.17) is 66.4 Å². The van der Waals surface area contributed by atoms with Crippen LogP contribution in [0.3, 0.4) is 0 Å². The van der Waals surface area contributed by atoms with Gasteiger partial charge in [-0.3, -0.25) is 0 Å². The summed E-state index contributed by atoms with van der Waals surface area (Å²) in [5.74, 6) is -6.19. The fraction of sp³-hybridized carbons (Fsp3) is 0.419. The topological polar surface area (TPSA) is 365 Å². The molecule has 0 rings (SSSR count). The summed E-state index contributed by atoms with van der Waals surface area (Å²) in [5, 5.41) is 107. The van der Waals surface area contributed by atoms with Crippen molar-refractivity contribution in [2.24, 2.45) is 16.7 Å². The SMILES string of the molecule is C=CC(=O)O.C=CC(=O)O.C=CC(=O)O.C=CC(=O)O.C=CC(=O)O.C=CC(=O)O.CC(CO)C(CO)(CO)CO.CCC(CO)(CO)CO. The first-order valence-corrected chi connectivity index (χ1v) is 13.4. The molecule has 19 nitrogen and oxygen atoms in total. The van der Waals surface area contributed by atoms with Crippen molar-refractivity contribution < 1.29 is 95.2 Å². The summed E-state index contributed by atoms with van der Waals surface area (Å²) in [4.78, 5) is 55.5. The van der Waals surface area contributed by atoms with Crippen LogP contribution >= 0.6 is 0 Å². The van der Waals surface area contributed by atoms with Gasteiger partial charge in [-0.2, -0.15) is 0 Å². The predicted molar refractivity (Wildman–Crippen MR) is 181 cm³/mol. The largest absolute Gasteiger partial charge is 0.478 e. The maximum Gasteiger partial charge on any atom is 0.327 e. The highest BCUT2D eigenvalue weighted by atomic mass is 16.4. The quantitative estimate of drug-likeness (QED) is 0.0942. The first-order chi connectivity index (χ1) is 23.0. The highest BCUT2D eigenvalue weighted by Gasteiger charge is 2.34. The predicted octanol–water partition coefficient (Wildman–Crippen LogP) is -0.520. The average molecular weight is 731 g/mol. The molecule has 50 heavy (non-hydrogen) atoms. The number of hydrogen-bond acceptors (Lipinski definition) is 13. The number of carbonyl (C=O) groups is 6. The average Bonchev–Trinajstić information content (AvgIpc) is 3.11. The van der Waals surface area contributed by atoms with Crippen LogP contribution in [0.1, 0.15) is 20.3 Å². The number of aliphatic hydroxyl groups excluding tert-OH is 7. The van der Waals surface area contributed by atoms with Crippen LogP contribution in [0.2, 0.25) is 0 Å². The maximum atomic E-state index is 9.25. The number of rotatable bonds is 15. The van der Waals surface area contributed by atoms with E-state index in [2.05, 4.69) is 39.5 Å². The van der Waals surface area contributed by atoms with Gasteiger partial charge in [-0.15, -0.1) is 0 Å². The Morgan fingerprint density at radius 3 is 0.640 bits per heavy atom. The summed E-state index contributed by atoms with van der Waals surface area (Å²) in [6, 6.07) is 0. The number of carboxylic acids is 6. The Kier molecular flexibility index (Phi) is 58.7. The van der Waals surface area contributed by atoms with Crippen LogP contribution in [-0.2, 0) is 28.8 Å². The molecule has 13 N–H and O–H groups in total. The molecule has 0 fully saturated rings. The number of aliphatic carboxylic acids is 6. The Balaban J connectivity index is -0.0000000689. The third kappa shape index (κ3) is 58.5. The molecule has 0 saturated carbocycles. The van der Waals surface area contributed by atoms with Crippen molar-refractivity contribution in [1.82, 2.24) is 0 Å². The van der Waals surface area contributed by atoms with Crippen LogP contribution in [0.5, 0.6) is 0 Å². The Bertz CT molecular complexity index is 800. The molecule has 0 aromatic rings. The van der Waals surface area contributed by atoms with E-state index in [9.17, 15) is 28.8 Å². The fourth-order valence-corrected chi connectivity index (χ4v) is 1.30. The lowest BCUT2D eigenvalue weighted by Gasteiger charge is -2.32. The molecular formula is C31H54O19. The third-order valence-corrected chi connectivity index (χ3v) is 5.07.